The van der Waals surface area contributed by atoms with Crippen LogP contribution >= 0.6 is 0 Å². The van der Waals surface area contributed by atoms with Crippen LogP contribution in [0.2, 0.25) is 0 Å². The van der Waals surface area contributed by atoms with Crippen LogP contribution in [0.4, 0.5) is 5.69 Å². The third kappa shape index (κ3) is 3.34. The molecular formula is C23H16N6O2. The zero-order chi connectivity index (χ0) is 21.4. The first-order chi connectivity index (χ1) is 15.1. The van der Waals surface area contributed by atoms with Crippen molar-refractivity contribution in [3.63, 3.8) is 0 Å². The van der Waals surface area contributed by atoms with Gasteiger partial charge in [-0.3, -0.25) is 9.99 Å². The lowest BCUT2D eigenvalue weighted by molar-refractivity contribution is -0.128. The van der Waals surface area contributed by atoms with Gasteiger partial charge in [-0.15, -0.1) is 0 Å². The molecule has 1 aliphatic rings. The van der Waals surface area contributed by atoms with Crippen molar-refractivity contribution in [1.82, 2.24) is 14.1 Å². The number of carboxylic acids is 1. The number of carboxylic acid groups (broad SMARTS) is 1. The molecule has 0 spiro atoms. The van der Waals surface area contributed by atoms with Crippen LogP contribution in [-0.4, -0.2) is 31.4 Å². The smallest absolute Gasteiger partial charge is 0.348 e. The molecule has 2 aromatic heterocycles. The van der Waals surface area contributed by atoms with E-state index in [-0.39, 0.29) is 0 Å². The fraction of sp³-hybridized carbons (Fsp3) is 0.0435. The van der Waals surface area contributed by atoms with E-state index in [1.54, 1.807) is 6.20 Å². The Hall–Kier alpha value is -4.64. The topological polar surface area (TPSA) is 108 Å². The number of nitrogens with zero attached hydrogens (tertiary/aromatic N) is 5. The lowest BCUT2D eigenvalue weighted by Crippen LogP contribution is -2.02. The van der Waals surface area contributed by atoms with Crippen LogP contribution in [0.3, 0.4) is 0 Å². The summed E-state index contributed by atoms with van der Waals surface area (Å²) in [6.07, 6.45) is 6.58. The van der Waals surface area contributed by atoms with Gasteiger partial charge >= 0.3 is 5.97 Å². The van der Waals surface area contributed by atoms with Crippen LogP contribution < -0.4 is 5.43 Å². The molecule has 0 fully saturated rings. The second-order valence-corrected chi connectivity index (χ2v) is 7.10. The standard InChI is InChI=1S/C23H16N6O2/c24-11-15-1-3-16(4-2-15)17-10-21-23-25-7-8-29(23)20-6-5-19(27-26-12-22(30)31)9-18(20)14-28(21)13-17/h1-10,12-13,27H,14H2,(H,30,31)/b26-12+. The lowest BCUT2D eigenvalue weighted by Gasteiger charge is -2.11. The van der Waals surface area contributed by atoms with E-state index in [4.69, 9.17) is 10.4 Å². The molecule has 2 aromatic carbocycles. The Morgan fingerprint density at radius 3 is 2.81 bits per heavy atom. The molecule has 0 radical (unpaired) electrons. The Morgan fingerprint density at radius 2 is 2.03 bits per heavy atom. The summed E-state index contributed by atoms with van der Waals surface area (Å²) in [4.78, 5) is 15.2. The highest BCUT2D eigenvalue weighted by molar-refractivity contribution is 6.22. The number of hydrazone groups is 1. The molecule has 1 aliphatic heterocycles. The quantitative estimate of drug-likeness (QED) is 0.348. The van der Waals surface area contributed by atoms with Gasteiger partial charge in [-0.25, -0.2) is 9.78 Å². The molecule has 8 nitrogen and oxygen atoms in total. The maximum atomic E-state index is 10.6. The number of anilines is 1. The van der Waals surface area contributed by atoms with Crippen LogP contribution in [0, 0.1) is 11.3 Å². The highest BCUT2D eigenvalue weighted by atomic mass is 16.4. The predicted molar refractivity (Wildman–Crippen MR) is 116 cm³/mol. The maximum Gasteiger partial charge on any atom is 0.348 e. The number of hydrogen-bond acceptors (Lipinski definition) is 5. The van der Waals surface area contributed by atoms with Crippen molar-refractivity contribution in [2.24, 2.45) is 5.10 Å². The molecule has 0 unspecified atom stereocenters. The molecule has 0 atom stereocenters. The number of imidazole rings is 1. The number of nitrogens with one attached hydrogen (secondary N) is 1. The monoisotopic (exact) mass is 408 g/mol. The molecule has 0 bridgehead atoms. The van der Waals surface area contributed by atoms with E-state index in [1.807, 2.05) is 53.2 Å². The van der Waals surface area contributed by atoms with Crippen LogP contribution in [-0.2, 0) is 11.3 Å². The Morgan fingerprint density at radius 1 is 1.19 bits per heavy atom. The SMILES string of the molecule is N#Cc1ccc(-c2cc3n(c2)Cc2cc(N/N=C/C(=O)O)ccc2-n2ccnc2-3)cc1. The number of aliphatic carboxylic acids is 1. The number of rotatable bonds is 4. The van der Waals surface area contributed by atoms with Crippen LogP contribution in [0.15, 0.2) is 72.2 Å². The van der Waals surface area contributed by atoms with Gasteiger partial charge in [0.1, 0.15) is 6.21 Å². The molecule has 150 valence electrons. The summed E-state index contributed by atoms with van der Waals surface area (Å²) in [6, 6.07) is 17.5. The van der Waals surface area contributed by atoms with Gasteiger partial charge < -0.3 is 9.67 Å². The van der Waals surface area contributed by atoms with E-state index in [0.717, 1.165) is 40.1 Å². The van der Waals surface area contributed by atoms with Crippen LogP contribution in [0.1, 0.15) is 11.1 Å². The largest absolute Gasteiger partial charge is 0.477 e. The first-order valence-electron chi connectivity index (χ1n) is 9.52. The summed E-state index contributed by atoms with van der Waals surface area (Å²) in [7, 11) is 0. The molecule has 0 saturated heterocycles. The van der Waals surface area contributed by atoms with Gasteiger partial charge in [0, 0.05) is 30.7 Å². The van der Waals surface area contributed by atoms with Crippen molar-refractivity contribution in [3.8, 4) is 34.4 Å². The van der Waals surface area contributed by atoms with Gasteiger partial charge in [-0.1, -0.05) is 12.1 Å². The molecule has 3 heterocycles. The molecule has 4 aromatic rings. The van der Waals surface area contributed by atoms with E-state index < -0.39 is 5.97 Å². The fourth-order valence-electron chi connectivity index (χ4n) is 3.77. The molecule has 0 aliphatic carbocycles. The van der Waals surface area contributed by atoms with Crippen molar-refractivity contribution in [2.45, 2.75) is 6.54 Å². The van der Waals surface area contributed by atoms with E-state index >= 15 is 0 Å². The minimum absolute atomic E-state index is 0.614. The molecule has 0 saturated carbocycles. The van der Waals surface area contributed by atoms with E-state index in [9.17, 15) is 4.79 Å². The summed E-state index contributed by atoms with van der Waals surface area (Å²) >= 11 is 0. The molecule has 5 rings (SSSR count). The predicted octanol–water partition coefficient (Wildman–Crippen LogP) is 3.72. The number of aromatic nitrogens is 3. The fourth-order valence-corrected chi connectivity index (χ4v) is 3.77. The summed E-state index contributed by atoms with van der Waals surface area (Å²) in [5.74, 6) is -0.277. The van der Waals surface area contributed by atoms with Crippen molar-refractivity contribution >= 4 is 17.9 Å². The van der Waals surface area contributed by atoms with Gasteiger partial charge in [0.15, 0.2) is 5.82 Å². The summed E-state index contributed by atoms with van der Waals surface area (Å²) in [5.41, 5.74) is 9.17. The third-order valence-electron chi connectivity index (χ3n) is 5.16. The number of hydrogen-bond donors (Lipinski definition) is 2. The minimum atomic E-state index is -1.11. The summed E-state index contributed by atoms with van der Waals surface area (Å²) in [5, 5.41) is 21.5. The first-order valence-corrected chi connectivity index (χ1v) is 9.52. The Balaban J connectivity index is 1.56. The van der Waals surface area contributed by atoms with Gasteiger partial charge in [0.25, 0.3) is 0 Å². The lowest BCUT2D eigenvalue weighted by atomic mass is 10.1. The van der Waals surface area contributed by atoms with E-state index in [0.29, 0.717) is 17.8 Å². The Bertz CT molecular complexity index is 1370. The molecule has 31 heavy (non-hydrogen) atoms. The minimum Gasteiger partial charge on any atom is -0.477 e. The van der Waals surface area contributed by atoms with E-state index in [2.05, 4.69) is 38.4 Å². The first kappa shape index (κ1) is 18.4. The number of nitriles is 1. The number of carbonyl (C=O) groups is 1. The van der Waals surface area contributed by atoms with Crippen molar-refractivity contribution in [2.75, 3.05) is 5.43 Å². The average Bonchev–Trinajstić information content (AvgIpc) is 3.39. The zero-order valence-corrected chi connectivity index (χ0v) is 16.2. The maximum absolute atomic E-state index is 10.6. The molecular weight excluding hydrogens is 392 g/mol. The normalized spacial score (nSPS) is 11.8. The molecule has 8 heteroatoms. The van der Waals surface area contributed by atoms with Crippen molar-refractivity contribution < 1.29 is 9.90 Å². The number of benzene rings is 2. The van der Waals surface area contributed by atoms with E-state index in [1.165, 1.54) is 0 Å². The summed E-state index contributed by atoms with van der Waals surface area (Å²) in [6.45, 7) is 0.614. The van der Waals surface area contributed by atoms with Gasteiger partial charge in [0.05, 0.1) is 28.7 Å². The Kier molecular flexibility index (Phi) is 4.34. The molecule has 2 N–H and O–H groups in total. The second-order valence-electron chi connectivity index (χ2n) is 7.10. The second kappa shape index (κ2) is 7.31. The third-order valence-corrected chi connectivity index (χ3v) is 5.16. The van der Waals surface area contributed by atoms with Crippen LogP contribution in [0.5, 0.6) is 0 Å². The summed E-state index contributed by atoms with van der Waals surface area (Å²) < 4.78 is 4.18. The highest BCUT2D eigenvalue weighted by Gasteiger charge is 2.21. The Labute approximate surface area is 177 Å². The highest BCUT2D eigenvalue weighted by Crippen LogP contribution is 2.34. The van der Waals surface area contributed by atoms with Gasteiger partial charge in [-0.05, 0) is 47.5 Å². The molecule has 0 amide bonds. The van der Waals surface area contributed by atoms with Gasteiger partial charge in [0.2, 0.25) is 0 Å². The van der Waals surface area contributed by atoms with Crippen molar-refractivity contribution in [1.29, 1.82) is 5.26 Å². The zero-order valence-electron chi connectivity index (χ0n) is 16.2. The average molecular weight is 408 g/mol. The number of fused-ring (bicyclic) bond motifs is 5. The van der Waals surface area contributed by atoms with Crippen LogP contribution in [0.25, 0.3) is 28.3 Å². The van der Waals surface area contributed by atoms with Crippen molar-refractivity contribution in [3.05, 3.63) is 78.2 Å². The van der Waals surface area contributed by atoms with Gasteiger partial charge in [-0.2, -0.15) is 10.4 Å².